The maximum absolute atomic E-state index is 12.9. The predicted octanol–water partition coefficient (Wildman–Crippen LogP) is 1.16. The highest BCUT2D eigenvalue weighted by Crippen LogP contribution is 2.28. The molecule has 1 unspecified atom stereocenters. The Morgan fingerprint density at radius 3 is 2.58 bits per heavy atom. The minimum Gasteiger partial charge on any atom is -0.378 e. The summed E-state index contributed by atoms with van der Waals surface area (Å²) in [6.45, 7) is -0.130. The van der Waals surface area contributed by atoms with E-state index in [2.05, 4.69) is 0 Å². The summed E-state index contributed by atoms with van der Waals surface area (Å²) in [4.78, 5) is 15.0. The Hall–Kier alpha value is -1.63. The molecule has 1 aromatic rings. The Labute approximate surface area is 111 Å². The maximum atomic E-state index is 12.9. The van der Waals surface area contributed by atoms with Crippen molar-refractivity contribution < 1.29 is 17.1 Å². The van der Waals surface area contributed by atoms with E-state index in [1.165, 1.54) is 4.90 Å². The van der Waals surface area contributed by atoms with Crippen LogP contribution in [0.4, 0.5) is 15.3 Å². The molecule has 1 atom stereocenters. The number of halogens is 1. The average molecular weight is 286 g/mol. The fourth-order valence-corrected chi connectivity index (χ4v) is 2.72. The first-order valence-corrected chi connectivity index (χ1v) is 7.25. The van der Waals surface area contributed by atoms with Crippen LogP contribution in [0.3, 0.4) is 0 Å². The molecule has 0 spiro atoms. The van der Waals surface area contributed by atoms with E-state index in [4.69, 9.17) is 0 Å². The summed E-state index contributed by atoms with van der Waals surface area (Å²) in [6.07, 6.45) is -0.301. The Kier molecular flexibility index (Phi) is 3.49. The molecule has 5 nitrogen and oxygen atoms in total. The zero-order chi connectivity index (χ0) is 14.2. The summed E-state index contributed by atoms with van der Waals surface area (Å²) >= 11 is 0. The molecule has 2 rings (SSSR count). The largest absolute Gasteiger partial charge is 0.378 e. The molecular formula is C12H15FN2O3S. The van der Waals surface area contributed by atoms with Crippen molar-refractivity contribution in [2.45, 2.75) is 11.7 Å². The Morgan fingerprint density at radius 1 is 1.37 bits per heavy atom. The van der Waals surface area contributed by atoms with Gasteiger partial charge >= 0.3 is 10.2 Å². The second-order valence-corrected chi connectivity index (χ2v) is 6.34. The normalized spacial score (nSPS) is 19.8. The van der Waals surface area contributed by atoms with E-state index in [-0.39, 0.29) is 18.9 Å². The number of carbonyl (C=O) groups excluding carboxylic acids is 1. The van der Waals surface area contributed by atoms with Gasteiger partial charge in [0.25, 0.3) is 0 Å². The molecule has 104 valence electrons. The van der Waals surface area contributed by atoms with Gasteiger partial charge in [0.05, 0.1) is 0 Å². The quantitative estimate of drug-likeness (QED) is 0.782. The number of amides is 1. The topological polar surface area (TPSA) is 57.7 Å². The zero-order valence-corrected chi connectivity index (χ0v) is 11.5. The van der Waals surface area contributed by atoms with E-state index in [1.54, 1.807) is 18.2 Å². The zero-order valence-electron chi connectivity index (χ0n) is 10.7. The minimum atomic E-state index is -4.68. The first-order valence-electron chi connectivity index (χ1n) is 5.80. The molecule has 1 saturated heterocycles. The van der Waals surface area contributed by atoms with Gasteiger partial charge in [-0.05, 0) is 18.2 Å². The van der Waals surface area contributed by atoms with Crippen molar-refractivity contribution >= 4 is 27.5 Å². The fourth-order valence-electron chi connectivity index (χ4n) is 2.05. The van der Waals surface area contributed by atoms with Crippen LogP contribution >= 0.6 is 0 Å². The fraction of sp³-hybridized carbons (Fsp3) is 0.417. The van der Waals surface area contributed by atoms with Gasteiger partial charge < -0.3 is 9.80 Å². The molecule has 1 aliphatic rings. The second kappa shape index (κ2) is 4.80. The summed E-state index contributed by atoms with van der Waals surface area (Å²) in [5.74, 6) is -0.373. The Balaban J connectivity index is 2.28. The number of carbonyl (C=O) groups is 1. The van der Waals surface area contributed by atoms with Gasteiger partial charge in [-0.15, -0.1) is 3.89 Å². The van der Waals surface area contributed by atoms with Crippen LogP contribution in [0.25, 0.3) is 0 Å². The van der Waals surface area contributed by atoms with E-state index < -0.39 is 15.5 Å². The summed E-state index contributed by atoms with van der Waals surface area (Å²) in [6, 6.07) is 7.12. The number of anilines is 2. The standard InChI is InChI=1S/C12H15FN2O3S/c1-14(2)9-4-3-5-10(6-9)15-8-11(7-12(15)16)19(13,17)18/h3-6,11H,7-8H2,1-2H3. The molecule has 1 heterocycles. The van der Waals surface area contributed by atoms with Crippen LogP contribution in [0.2, 0.25) is 0 Å². The van der Waals surface area contributed by atoms with E-state index in [0.29, 0.717) is 5.69 Å². The monoisotopic (exact) mass is 286 g/mol. The summed E-state index contributed by atoms with van der Waals surface area (Å²) in [5, 5.41) is -1.26. The molecule has 0 N–H and O–H groups in total. The van der Waals surface area contributed by atoms with Crippen LogP contribution < -0.4 is 9.80 Å². The number of nitrogens with zero attached hydrogens (tertiary/aromatic N) is 2. The lowest BCUT2D eigenvalue weighted by Crippen LogP contribution is -2.27. The van der Waals surface area contributed by atoms with Gasteiger partial charge in [-0.2, -0.15) is 8.42 Å². The summed E-state index contributed by atoms with van der Waals surface area (Å²) in [7, 11) is -0.954. The van der Waals surface area contributed by atoms with Crippen LogP contribution in [0, 0.1) is 0 Å². The molecule has 19 heavy (non-hydrogen) atoms. The SMILES string of the molecule is CN(C)c1cccc(N2CC(S(=O)(=O)F)CC2=O)c1. The van der Waals surface area contributed by atoms with E-state index >= 15 is 0 Å². The third-order valence-corrected chi connectivity index (χ3v) is 4.26. The average Bonchev–Trinajstić information content (AvgIpc) is 2.71. The second-order valence-electron chi connectivity index (χ2n) is 4.72. The van der Waals surface area contributed by atoms with E-state index in [9.17, 15) is 17.1 Å². The van der Waals surface area contributed by atoms with Gasteiger partial charge in [0.1, 0.15) is 5.25 Å². The number of rotatable bonds is 3. The van der Waals surface area contributed by atoms with Crippen LogP contribution in [0.1, 0.15) is 6.42 Å². The maximum Gasteiger partial charge on any atom is 0.307 e. The number of hydrogen-bond donors (Lipinski definition) is 0. The highest BCUT2D eigenvalue weighted by molar-refractivity contribution is 7.87. The minimum absolute atomic E-state index is 0.130. The first kappa shape index (κ1) is 13.8. The van der Waals surface area contributed by atoms with Crippen LogP contribution in [-0.4, -0.2) is 40.2 Å². The van der Waals surface area contributed by atoms with Gasteiger partial charge in [0.15, 0.2) is 0 Å². The van der Waals surface area contributed by atoms with Crippen molar-refractivity contribution in [3.63, 3.8) is 0 Å². The van der Waals surface area contributed by atoms with Gasteiger partial charge in [-0.25, -0.2) is 0 Å². The van der Waals surface area contributed by atoms with Crippen molar-refractivity contribution in [1.29, 1.82) is 0 Å². The summed E-state index contributed by atoms with van der Waals surface area (Å²) in [5.41, 5.74) is 1.47. The lowest BCUT2D eigenvalue weighted by molar-refractivity contribution is -0.117. The molecule has 0 aliphatic carbocycles. The van der Waals surface area contributed by atoms with Crippen LogP contribution in [0.15, 0.2) is 24.3 Å². The van der Waals surface area contributed by atoms with Gasteiger partial charge in [0.2, 0.25) is 5.91 Å². The molecule has 0 saturated carbocycles. The van der Waals surface area contributed by atoms with Gasteiger partial charge in [-0.1, -0.05) is 6.07 Å². The molecular weight excluding hydrogens is 271 g/mol. The molecule has 1 fully saturated rings. The molecule has 1 aromatic carbocycles. The highest BCUT2D eigenvalue weighted by Gasteiger charge is 2.39. The number of hydrogen-bond acceptors (Lipinski definition) is 4. The van der Waals surface area contributed by atoms with Crippen molar-refractivity contribution in [3.05, 3.63) is 24.3 Å². The van der Waals surface area contributed by atoms with E-state index in [0.717, 1.165) is 5.69 Å². The van der Waals surface area contributed by atoms with Gasteiger partial charge in [-0.3, -0.25) is 4.79 Å². The highest BCUT2D eigenvalue weighted by atomic mass is 32.3. The van der Waals surface area contributed by atoms with Crippen molar-refractivity contribution in [2.24, 2.45) is 0 Å². The lowest BCUT2D eigenvalue weighted by Gasteiger charge is -2.19. The Bertz CT molecular complexity index is 601. The number of benzene rings is 1. The third kappa shape index (κ3) is 2.86. The molecule has 1 amide bonds. The lowest BCUT2D eigenvalue weighted by atomic mass is 10.2. The first-order chi connectivity index (χ1) is 8.79. The summed E-state index contributed by atoms with van der Waals surface area (Å²) < 4.78 is 34.7. The van der Waals surface area contributed by atoms with Crippen LogP contribution in [0.5, 0.6) is 0 Å². The molecule has 0 aromatic heterocycles. The molecule has 7 heteroatoms. The predicted molar refractivity (Wildman–Crippen MR) is 71.6 cm³/mol. The Morgan fingerprint density at radius 2 is 2.05 bits per heavy atom. The van der Waals surface area contributed by atoms with E-state index in [1.807, 2.05) is 25.1 Å². The molecule has 1 aliphatic heterocycles. The van der Waals surface area contributed by atoms with Crippen molar-refractivity contribution in [2.75, 3.05) is 30.4 Å². The molecule has 0 radical (unpaired) electrons. The smallest absolute Gasteiger partial charge is 0.307 e. The third-order valence-electron chi connectivity index (χ3n) is 3.15. The van der Waals surface area contributed by atoms with Crippen LogP contribution in [-0.2, 0) is 15.0 Å². The van der Waals surface area contributed by atoms with Gasteiger partial charge in [0, 0.05) is 38.4 Å². The van der Waals surface area contributed by atoms with Crippen molar-refractivity contribution in [1.82, 2.24) is 0 Å². The molecule has 0 bridgehead atoms. The van der Waals surface area contributed by atoms with Crippen molar-refractivity contribution in [3.8, 4) is 0 Å².